The first-order valence-electron chi connectivity index (χ1n) is 7.49. The van der Waals surface area contributed by atoms with Crippen LogP contribution >= 0.6 is 11.3 Å². The molecule has 0 spiro atoms. The van der Waals surface area contributed by atoms with E-state index >= 15 is 0 Å². The molecule has 2 saturated heterocycles. The van der Waals surface area contributed by atoms with E-state index in [9.17, 15) is 4.79 Å². The van der Waals surface area contributed by atoms with E-state index in [1.54, 1.807) is 11.3 Å². The van der Waals surface area contributed by atoms with Crippen LogP contribution in [-0.4, -0.2) is 54.5 Å². The molecule has 2 fully saturated rings. The van der Waals surface area contributed by atoms with Crippen LogP contribution in [0.15, 0.2) is 16.8 Å². The summed E-state index contributed by atoms with van der Waals surface area (Å²) < 4.78 is 0. The molecule has 2 atom stereocenters. The largest absolute Gasteiger partial charge is 0.339 e. The topological polar surface area (TPSA) is 35.6 Å². The summed E-state index contributed by atoms with van der Waals surface area (Å²) in [5.74, 6) is 0.788. The van der Waals surface area contributed by atoms with Gasteiger partial charge in [0.05, 0.1) is 6.04 Å². The zero-order valence-electron chi connectivity index (χ0n) is 12.0. The second-order valence-corrected chi connectivity index (χ2v) is 6.71. The van der Waals surface area contributed by atoms with Gasteiger partial charge in [-0.3, -0.25) is 9.69 Å². The third-order valence-electron chi connectivity index (χ3n) is 4.47. The molecule has 0 saturated carbocycles. The number of carbonyl (C=O) groups excluding carboxylic acids is 1. The fraction of sp³-hybridized carbons (Fsp3) is 0.667. The van der Waals surface area contributed by atoms with E-state index in [1.807, 2.05) is 4.90 Å². The van der Waals surface area contributed by atoms with Crippen LogP contribution < -0.4 is 5.32 Å². The number of thiophene rings is 1. The van der Waals surface area contributed by atoms with Gasteiger partial charge < -0.3 is 10.2 Å². The quantitative estimate of drug-likeness (QED) is 0.915. The molecule has 0 aromatic carbocycles. The van der Waals surface area contributed by atoms with Crippen molar-refractivity contribution in [1.82, 2.24) is 15.1 Å². The Bertz CT molecular complexity index is 440. The van der Waals surface area contributed by atoms with Crippen molar-refractivity contribution in [3.63, 3.8) is 0 Å². The van der Waals surface area contributed by atoms with Crippen molar-refractivity contribution in [2.24, 2.45) is 5.92 Å². The molecule has 4 nitrogen and oxygen atoms in total. The number of rotatable bonds is 3. The van der Waals surface area contributed by atoms with Crippen LogP contribution in [0, 0.1) is 5.92 Å². The minimum Gasteiger partial charge on any atom is -0.339 e. The zero-order chi connectivity index (χ0) is 13.9. The summed E-state index contributed by atoms with van der Waals surface area (Å²) in [5.41, 5.74) is 1.39. The summed E-state index contributed by atoms with van der Waals surface area (Å²) in [6.45, 7) is 7.89. The van der Waals surface area contributed by atoms with Crippen LogP contribution in [0.1, 0.15) is 18.9 Å². The SMILES string of the molecule is CC1CCNC1C(=O)N1CCN(Cc2ccsc2)CC1. The van der Waals surface area contributed by atoms with Crippen molar-refractivity contribution in [2.75, 3.05) is 32.7 Å². The van der Waals surface area contributed by atoms with Crippen LogP contribution in [-0.2, 0) is 11.3 Å². The van der Waals surface area contributed by atoms with Crippen molar-refractivity contribution in [3.8, 4) is 0 Å². The molecule has 20 heavy (non-hydrogen) atoms. The molecular weight excluding hydrogens is 270 g/mol. The van der Waals surface area contributed by atoms with Gasteiger partial charge in [-0.2, -0.15) is 11.3 Å². The first-order chi connectivity index (χ1) is 9.74. The van der Waals surface area contributed by atoms with Crippen molar-refractivity contribution < 1.29 is 4.79 Å². The highest BCUT2D eigenvalue weighted by molar-refractivity contribution is 7.07. The highest BCUT2D eigenvalue weighted by Crippen LogP contribution is 2.18. The Morgan fingerprint density at radius 1 is 1.40 bits per heavy atom. The molecule has 2 aliphatic rings. The molecule has 2 unspecified atom stereocenters. The van der Waals surface area contributed by atoms with Gasteiger partial charge in [-0.05, 0) is 41.3 Å². The highest BCUT2D eigenvalue weighted by Gasteiger charge is 2.33. The van der Waals surface area contributed by atoms with Gasteiger partial charge in [0, 0.05) is 32.7 Å². The number of nitrogens with one attached hydrogen (secondary N) is 1. The first-order valence-corrected chi connectivity index (χ1v) is 8.44. The molecule has 1 amide bonds. The van der Waals surface area contributed by atoms with Crippen LogP contribution in [0.4, 0.5) is 0 Å². The van der Waals surface area contributed by atoms with E-state index in [0.29, 0.717) is 11.8 Å². The molecule has 1 aromatic rings. The fourth-order valence-electron chi connectivity index (χ4n) is 3.13. The van der Waals surface area contributed by atoms with E-state index in [1.165, 1.54) is 5.56 Å². The lowest BCUT2D eigenvalue weighted by Gasteiger charge is -2.36. The molecular formula is C15H23N3OS. The summed E-state index contributed by atoms with van der Waals surface area (Å²) >= 11 is 1.75. The lowest BCUT2D eigenvalue weighted by molar-refractivity contribution is -0.135. The lowest BCUT2D eigenvalue weighted by atomic mass is 10.0. The molecule has 110 valence electrons. The number of piperazine rings is 1. The highest BCUT2D eigenvalue weighted by atomic mass is 32.1. The Morgan fingerprint density at radius 2 is 2.20 bits per heavy atom. The van der Waals surface area contributed by atoms with Crippen LogP contribution in [0.2, 0.25) is 0 Å². The average molecular weight is 293 g/mol. The van der Waals surface area contributed by atoms with Crippen molar-refractivity contribution in [2.45, 2.75) is 25.9 Å². The predicted octanol–water partition coefficient (Wildman–Crippen LogP) is 1.39. The van der Waals surface area contributed by atoms with Gasteiger partial charge in [-0.25, -0.2) is 0 Å². The summed E-state index contributed by atoms with van der Waals surface area (Å²) in [7, 11) is 0. The third kappa shape index (κ3) is 3.05. The smallest absolute Gasteiger partial charge is 0.240 e. The lowest BCUT2D eigenvalue weighted by Crippen LogP contribution is -2.53. The summed E-state index contributed by atoms with van der Waals surface area (Å²) in [6.07, 6.45) is 1.12. The molecule has 3 rings (SSSR count). The fourth-order valence-corrected chi connectivity index (χ4v) is 3.79. The van der Waals surface area contributed by atoms with E-state index < -0.39 is 0 Å². The minimum absolute atomic E-state index is 0.0541. The molecule has 5 heteroatoms. The normalized spacial score (nSPS) is 27.9. The molecule has 0 aliphatic carbocycles. The van der Waals surface area contributed by atoms with Crippen LogP contribution in [0.5, 0.6) is 0 Å². The Morgan fingerprint density at radius 3 is 2.80 bits per heavy atom. The Kier molecular flexibility index (Phi) is 4.38. The van der Waals surface area contributed by atoms with E-state index in [0.717, 1.165) is 45.7 Å². The van der Waals surface area contributed by atoms with Crippen molar-refractivity contribution in [3.05, 3.63) is 22.4 Å². The van der Waals surface area contributed by atoms with Crippen molar-refractivity contribution in [1.29, 1.82) is 0 Å². The molecule has 0 bridgehead atoms. The maximum Gasteiger partial charge on any atom is 0.240 e. The molecule has 1 N–H and O–H groups in total. The standard InChI is InChI=1S/C15H23N3OS/c1-12-2-4-16-14(12)15(19)18-7-5-17(6-8-18)10-13-3-9-20-11-13/h3,9,11-12,14,16H,2,4-8,10H2,1H3. The molecule has 1 aromatic heterocycles. The van der Waals surface area contributed by atoms with Gasteiger partial charge in [0.2, 0.25) is 5.91 Å². The molecule has 0 radical (unpaired) electrons. The van der Waals surface area contributed by atoms with Gasteiger partial charge in [0.15, 0.2) is 0 Å². The number of hydrogen-bond acceptors (Lipinski definition) is 4. The van der Waals surface area contributed by atoms with Gasteiger partial charge in [-0.1, -0.05) is 6.92 Å². The predicted molar refractivity (Wildman–Crippen MR) is 81.7 cm³/mol. The second kappa shape index (κ2) is 6.24. The van der Waals surface area contributed by atoms with Gasteiger partial charge in [0.25, 0.3) is 0 Å². The second-order valence-electron chi connectivity index (χ2n) is 5.93. The number of nitrogens with zero attached hydrogens (tertiary/aromatic N) is 2. The summed E-state index contributed by atoms with van der Waals surface area (Å²) in [6, 6.07) is 2.24. The molecule has 3 heterocycles. The first kappa shape index (κ1) is 14.0. The Labute approximate surface area is 124 Å². The zero-order valence-corrected chi connectivity index (χ0v) is 12.9. The van der Waals surface area contributed by atoms with Crippen molar-refractivity contribution >= 4 is 17.2 Å². The van der Waals surface area contributed by atoms with Crippen LogP contribution in [0.3, 0.4) is 0 Å². The number of hydrogen-bond donors (Lipinski definition) is 1. The van der Waals surface area contributed by atoms with E-state index in [4.69, 9.17) is 0 Å². The third-order valence-corrected chi connectivity index (χ3v) is 5.20. The maximum absolute atomic E-state index is 12.5. The maximum atomic E-state index is 12.5. The number of amides is 1. The van der Waals surface area contributed by atoms with Crippen LogP contribution in [0.25, 0.3) is 0 Å². The monoisotopic (exact) mass is 293 g/mol. The minimum atomic E-state index is 0.0541. The van der Waals surface area contributed by atoms with Gasteiger partial charge in [0.1, 0.15) is 0 Å². The summed E-state index contributed by atoms with van der Waals surface area (Å²) in [4.78, 5) is 17.0. The number of carbonyl (C=O) groups is 1. The summed E-state index contributed by atoms with van der Waals surface area (Å²) in [5, 5.41) is 7.68. The van der Waals surface area contributed by atoms with Gasteiger partial charge in [-0.15, -0.1) is 0 Å². The van der Waals surface area contributed by atoms with E-state index in [-0.39, 0.29) is 6.04 Å². The van der Waals surface area contributed by atoms with E-state index in [2.05, 4.69) is 34.0 Å². The van der Waals surface area contributed by atoms with Gasteiger partial charge >= 0.3 is 0 Å². The average Bonchev–Trinajstić information content (AvgIpc) is 3.10. The Hall–Kier alpha value is -0.910. The molecule has 2 aliphatic heterocycles. The Balaban J connectivity index is 1.49.